The summed E-state index contributed by atoms with van der Waals surface area (Å²) >= 11 is 0. The van der Waals surface area contributed by atoms with Gasteiger partial charge in [0.05, 0.1) is 6.61 Å². The van der Waals surface area contributed by atoms with Crippen molar-refractivity contribution in [3.05, 3.63) is 0 Å². The summed E-state index contributed by atoms with van der Waals surface area (Å²) in [4.78, 5) is 0. The normalized spacial score (nSPS) is 12.9. The molecule has 16 heavy (non-hydrogen) atoms. The molecule has 0 saturated heterocycles. The van der Waals surface area contributed by atoms with E-state index in [2.05, 4.69) is 19.2 Å². The Kier molecular flexibility index (Phi) is 12.9. The number of aliphatic hydroxyl groups is 1. The van der Waals surface area contributed by atoms with Crippen LogP contribution >= 0.6 is 0 Å². The first-order valence-corrected chi connectivity index (χ1v) is 7.19. The summed E-state index contributed by atoms with van der Waals surface area (Å²) in [6.45, 7) is 5.52. The molecule has 0 aliphatic heterocycles. The Morgan fingerprint density at radius 2 is 1.44 bits per heavy atom. The van der Waals surface area contributed by atoms with Gasteiger partial charge in [-0.3, -0.25) is 0 Å². The zero-order valence-electron chi connectivity index (χ0n) is 11.3. The molecule has 0 fully saturated rings. The molecule has 0 aromatic rings. The quantitative estimate of drug-likeness (QED) is 0.502. The lowest BCUT2D eigenvalue weighted by Gasteiger charge is -2.18. The van der Waals surface area contributed by atoms with E-state index in [0.717, 1.165) is 6.54 Å². The van der Waals surface area contributed by atoms with E-state index in [4.69, 9.17) is 5.11 Å². The summed E-state index contributed by atoms with van der Waals surface area (Å²) in [6, 6.07) is 0.635. The van der Waals surface area contributed by atoms with Gasteiger partial charge in [0.15, 0.2) is 0 Å². The lowest BCUT2D eigenvalue weighted by atomic mass is 10.0. The first-order valence-electron chi connectivity index (χ1n) is 7.19. The summed E-state index contributed by atoms with van der Waals surface area (Å²) in [5.41, 5.74) is 0. The summed E-state index contributed by atoms with van der Waals surface area (Å²) in [6.07, 6.45) is 11.9. The second-order valence-corrected chi connectivity index (χ2v) is 4.72. The maximum absolute atomic E-state index is 8.83. The van der Waals surface area contributed by atoms with Crippen molar-refractivity contribution in [2.45, 2.75) is 77.7 Å². The highest BCUT2D eigenvalue weighted by molar-refractivity contribution is 4.66. The predicted octanol–water partition coefficient (Wildman–Crippen LogP) is 3.49. The average molecular weight is 229 g/mol. The molecule has 0 radical (unpaired) electrons. The average Bonchev–Trinajstić information content (AvgIpc) is 2.31. The van der Waals surface area contributed by atoms with E-state index in [9.17, 15) is 0 Å². The van der Waals surface area contributed by atoms with Crippen LogP contribution < -0.4 is 5.32 Å². The first-order chi connectivity index (χ1) is 7.85. The second kappa shape index (κ2) is 13.0. The van der Waals surface area contributed by atoms with Gasteiger partial charge >= 0.3 is 0 Å². The van der Waals surface area contributed by atoms with Crippen molar-refractivity contribution in [1.82, 2.24) is 5.32 Å². The van der Waals surface area contributed by atoms with Gasteiger partial charge in [0.2, 0.25) is 0 Å². The number of unbranched alkanes of at least 4 members (excludes halogenated alkanes) is 5. The van der Waals surface area contributed by atoms with E-state index in [1.54, 1.807) is 0 Å². The smallest absolute Gasteiger partial charge is 0.0556 e. The highest BCUT2D eigenvalue weighted by Crippen LogP contribution is 2.11. The van der Waals surface area contributed by atoms with Crippen LogP contribution in [0.4, 0.5) is 0 Å². The standard InChI is InChI=1S/C14H31NO/c1-3-5-7-9-11-14(15-12-13-16)10-8-6-4-2/h14-16H,3-13H2,1-2H3. The molecule has 0 heterocycles. The van der Waals surface area contributed by atoms with Crippen molar-refractivity contribution < 1.29 is 5.11 Å². The lowest BCUT2D eigenvalue weighted by Crippen LogP contribution is -2.31. The summed E-state index contributed by atoms with van der Waals surface area (Å²) < 4.78 is 0. The maximum atomic E-state index is 8.83. The van der Waals surface area contributed by atoms with E-state index in [-0.39, 0.29) is 6.61 Å². The van der Waals surface area contributed by atoms with Crippen LogP contribution in [-0.2, 0) is 0 Å². The number of aliphatic hydroxyl groups excluding tert-OH is 1. The largest absolute Gasteiger partial charge is 0.395 e. The minimum atomic E-state index is 0.263. The molecule has 0 saturated carbocycles. The van der Waals surface area contributed by atoms with Crippen LogP contribution in [0, 0.1) is 0 Å². The Labute approximate surface area is 102 Å². The lowest BCUT2D eigenvalue weighted by molar-refractivity contribution is 0.277. The Balaban J connectivity index is 3.54. The van der Waals surface area contributed by atoms with Crippen LogP contribution in [0.2, 0.25) is 0 Å². The maximum Gasteiger partial charge on any atom is 0.0556 e. The molecule has 0 bridgehead atoms. The molecular formula is C14H31NO. The van der Waals surface area contributed by atoms with Gasteiger partial charge < -0.3 is 10.4 Å². The van der Waals surface area contributed by atoms with E-state index < -0.39 is 0 Å². The number of hydrogen-bond acceptors (Lipinski definition) is 2. The van der Waals surface area contributed by atoms with Crippen molar-refractivity contribution >= 4 is 0 Å². The fourth-order valence-electron chi connectivity index (χ4n) is 2.08. The number of hydrogen-bond donors (Lipinski definition) is 2. The third kappa shape index (κ3) is 10.4. The van der Waals surface area contributed by atoms with E-state index in [0.29, 0.717) is 6.04 Å². The third-order valence-corrected chi connectivity index (χ3v) is 3.11. The second-order valence-electron chi connectivity index (χ2n) is 4.72. The van der Waals surface area contributed by atoms with E-state index in [1.807, 2.05) is 0 Å². The van der Waals surface area contributed by atoms with Gasteiger partial charge in [0.25, 0.3) is 0 Å². The van der Waals surface area contributed by atoms with Crippen molar-refractivity contribution in [2.24, 2.45) is 0 Å². The van der Waals surface area contributed by atoms with Crippen molar-refractivity contribution in [3.8, 4) is 0 Å². The van der Waals surface area contributed by atoms with Gasteiger partial charge in [0.1, 0.15) is 0 Å². The molecule has 0 rings (SSSR count). The molecule has 0 aliphatic rings. The Hall–Kier alpha value is -0.0800. The van der Waals surface area contributed by atoms with Crippen molar-refractivity contribution in [1.29, 1.82) is 0 Å². The summed E-state index contributed by atoms with van der Waals surface area (Å²) in [7, 11) is 0. The third-order valence-electron chi connectivity index (χ3n) is 3.11. The number of rotatable bonds is 12. The summed E-state index contributed by atoms with van der Waals surface area (Å²) in [5.74, 6) is 0. The van der Waals surface area contributed by atoms with Crippen molar-refractivity contribution in [3.63, 3.8) is 0 Å². The molecule has 2 N–H and O–H groups in total. The topological polar surface area (TPSA) is 32.3 Å². The molecule has 0 amide bonds. The van der Waals surface area contributed by atoms with Crippen LogP contribution in [-0.4, -0.2) is 24.3 Å². The molecule has 0 aromatic heterocycles. The van der Waals surface area contributed by atoms with E-state index >= 15 is 0 Å². The zero-order chi connectivity index (χ0) is 12.1. The minimum absolute atomic E-state index is 0.263. The highest BCUT2D eigenvalue weighted by atomic mass is 16.3. The number of nitrogens with one attached hydrogen (secondary N) is 1. The van der Waals surface area contributed by atoms with Gasteiger partial charge in [-0.2, -0.15) is 0 Å². The molecule has 2 nitrogen and oxygen atoms in total. The van der Waals surface area contributed by atoms with Crippen LogP contribution in [0.25, 0.3) is 0 Å². The molecular weight excluding hydrogens is 198 g/mol. The fraction of sp³-hybridized carbons (Fsp3) is 1.00. The highest BCUT2D eigenvalue weighted by Gasteiger charge is 2.06. The SMILES string of the molecule is CCCCCCC(CCCCC)NCCO. The van der Waals surface area contributed by atoms with Gasteiger partial charge in [0, 0.05) is 12.6 Å². The zero-order valence-corrected chi connectivity index (χ0v) is 11.3. The Morgan fingerprint density at radius 1 is 0.875 bits per heavy atom. The van der Waals surface area contributed by atoms with Crippen LogP contribution in [0.3, 0.4) is 0 Å². The van der Waals surface area contributed by atoms with Gasteiger partial charge in [-0.05, 0) is 12.8 Å². The molecule has 0 aliphatic carbocycles. The fourth-order valence-corrected chi connectivity index (χ4v) is 2.08. The molecule has 1 atom stereocenters. The first kappa shape index (κ1) is 15.9. The Bertz CT molecular complexity index is 128. The van der Waals surface area contributed by atoms with Crippen LogP contribution in [0.5, 0.6) is 0 Å². The van der Waals surface area contributed by atoms with Crippen LogP contribution in [0.15, 0.2) is 0 Å². The molecule has 1 unspecified atom stereocenters. The molecule has 2 heteroatoms. The molecule has 98 valence electrons. The van der Waals surface area contributed by atoms with E-state index in [1.165, 1.54) is 57.8 Å². The minimum Gasteiger partial charge on any atom is -0.395 e. The molecule has 0 spiro atoms. The van der Waals surface area contributed by atoms with Crippen molar-refractivity contribution in [2.75, 3.05) is 13.2 Å². The monoisotopic (exact) mass is 229 g/mol. The van der Waals surface area contributed by atoms with Gasteiger partial charge in [-0.15, -0.1) is 0 Å². The summed E-state index contributed by atoms with van der Waals surface area (Å²) in [5, 5.41) is 12.3. The van der Waals surface area contributed by atoms with Crippen LogP contribution in [0.1, 0.15) is 71.6 Å². The Morgan fingerprint density at radius 3 is 2.00 bits per heavy atom. The van der Waals surface area contributed by atoms with Gasteiger partial charge in [-0.25, -0.2) is 0 Å². The van der Waals surface area contributed by atoms with Gasteiger partial charge in [-0.1, -0.05) is 58.8 Å². The molecule has 0 aromatic carbocycles. The predicted molar refractivity (Wildman–Crippen MR) is 71.8 cm³/mol.